The van der Waals surface area contributed by atoms with Gasteiger partial charge in [-0.2, -0.15) is 0 Å². The highest BCUT2D eigenvalue weighted by Crippen LogP contribution is 2.22. The van der Waals surface area contributed by atoms with Gasteiger partial charge in [-0.1, -0.05) is 18.2 Å². The van der Waals surface area contributed by atoms with Crippen molar-refractivity contribution in [3.8, 4) is 5.75 Å². The van der Waals surface area contributed by atoms with Gasteiger partial charge in [0.1, 0.15) is 17.4 Å². The number of likely N-dealkylation sites (tertiary alicyclic amines) is 1. The first-order valence-corrected chi connectivity index (χ1v) is 8.47. The van der Waals surface area contributed by atoms with Crippen molar-refractivity contribution >= 4 is 5.91 Å². The molecule has 5 nitrogen and oxygen atoms in total. The fraction of sp³-hybridized carbons (Fsp3) is 0.368. The molecule has 2 aromatic rings. The molecule has 1 fully saturated rings. The lowest BCUT2D eigenvalue weighted by molar-refractivity contribution is 0.0770. The summed E-state index contributed by atoms with van der Waals surface area (Å²) in [7, 11) is 0. The number of aromatic amines is 1. The molecule has 1 aromatic heterocycles. The number of nitrogens with zero attached hydrogens (tertiary/aromatic N) is 1. The van der Waals surface area contributed by atoms with Crippen molar-refractivity contribution in [1.82, 2.24) is 9.88 Å². The molecular formula is C19H20N2O3. The number of amides is 1. The number of carbonyl (C=O) groups excluding carboxylic acids is 1. The van der Waals surface area contributed by atoms with Crippen LogP contribution in [0.25, 0.3) is 0 Å². The van der Waals surface area contributed by atoms with Crippen LogP contribution in [0, 0.1) is 0 Å². The fourth-order valence-corrected chi connectivity index (χ4v) is 3.54. The van der Waals surface area contributed by atoms with Crippen LogP contribution in [0.4, 0.5) is 0 Å². The molecule has 1 aliphatic carbocycles. The second-order valence-electron chi connectivity index (χ2n) is 6.46. The summed E-state index contributed by atoms with van der Waals surface area (Å²) in [6.07, 6.45) is 3.63. The molecule has 1 N–H and O–H groups in total. The van der Waals surface area contributed by atoms with Crippen LogP contribution in [0.2, 0.25) is 0 Å². The van der Waals surface area contributed by atoms with E-state index in [1.54, 1.807) is 11.0 Å². The van der Waals surface area contributed by atoms with E-state index in [9.17, 15) is 9.59 Å². The number of aromatic nitrogens is 1. The predicted octanol–water partition coefficient (Wildman–Crippen LogP) is 2.16. The average Bonchev–Trinajstić information content (AvgIpc) is 3.23. The standard InChI is InChI=1S/C19H20N2O3/c22-18-16(11-13-5-4-8-17(13)20-18)19(23)21-10-9-15(12-21)24-14-6-2-1-3-7-14/h1-3,6-7,11,15H,4-5,8-10,12H2,(H,20,22)/t15-/m0/s1. The van der Waals surface area contributed by atoms with E-state index in [1.165, 1.54) is 0 Å². The summed E-state index contributed by atoms with van der Waals surface area (Å²) in [6.45, 7) is 1.14. The number of hydrogen-bond acceptors (Lipinski definition) is 3. The Labute approximate surface area is 140 Å². The number of hydrogen-bond donors (Lipinski definition) is 1. The second kappa shape index (κ2) is 6.15. The normalized spacial score (nSPS) is 19.3. The first kappa shape index (κ1) is 15.0. The number of benzene rings is 1. The molecule has 1 aliphatic heterocycles. The Hall–Kier alpha value is -2.56. The van der Waals surface area contributed by atoms with Crippen LogP contribution in [0.1, 0.15) is 34.5 Å². The zero-order valence-corrected chi connectivity index (χ0v) is 13.5. The Morgan fingerprint density at radius 1 is 1.21 bits per heavy atom. The summed E-state index contributed by atoms with van der Waals surface area (Å²) in [5, 5.41) is 0. The maximum atomic E-state index is 12.7. The lowest BCUT2D eigenvalue weighted by Crippen LogP contribution is -2.34. The first-order valence-electron chi connectivity index (χ1n) is 8.47. The van der Waals surface area contributed by atoms with Gasteiger partial charge in [0.25, 0.3) is 11.5 Å². The molecule has 0 bridgehead atoms. The molecule has 24 heavy (non-hydrogen) atoms. The maximum Gasteiger partial charge on any atom is 0.261 e. The van der Waals surface area contributed by atoms with Crippen LogP contribution in [-0.2, 0) is 12.8 Å². The van der Waals surface area contributed by atoms with E-state index in [4.69, 9.17) is 4.74 Å². The average molecular weight is 324 g/mol. The Kier molecular flexibility index (Phi) is 3.84. The number of para-hydroxylation sites is 1. The minimum absolute atomic E-state index is 0.0233. The third-order valence-electron chi connectivity index (χ3n) is 4.80. The van der Waals surface area contributed by atoms with Gasteiger partial charge in [0, 0.05) is 18.7 Å². The molecule has 2 heterocycles. The van der Waals surface area contributed by atoms with Gasteiger partial charge in [-0.25, -0.2) is 0 Å². The number of H-pyrrole nitrogens is 1. The van der Waals surface area contributed by atoms with E-state index in [1.807, 2.05) is 30.3 Å². The van der Waals surface area contributed by atoms with Gasteiger partial charge in [-0.3, -0.25) is 9.59 Å². The van der Waals surface area contributed by atoms with Crippen molar-refractivity contribution in [3.63, 3.8) is 0 Å². The van der Waals surface area contributed by atoms with E-state index >= 15 is 0 Å². The molecule has 0 saturated carbocycles. The fourth-order valence-electron chi connectivity index (χ4n) is 3.54. The Balaban J connectivity index is 1.47. The Morgan fingerprint density at radius 3 is 2.88 bits per heavy atom. The summed E-state index contributed by atoms with van der Waals surface area (Å²) < 4.78 is 5.92. The number of aryl methyl sites for hydroxylation is 2. The molecule has 2 aliphatic rings. The van der Waals surface area contributed by atoms with Crippen LogP contribution < -0.4 is 10.3 Å². The summed E-state index contributed by atoms with van der Waals surface area (Å²) in [5.41, 5.74) is 2.08. The number of carbonyl (C=O) groups is 1. The summed E-state index contributed by atoms with van der Waals surface area (Å²) in [6, 6.07) is 11.4. The Bertz CT molecular complexity index is 813. The van der Waals surface area contributed by atoms with E-state index in [-0.39, 0.29) is 23.1 Å². The van der Waals surface area contributed by atoms with Crippen LogP contribution in [0.5, 0.6) is 5.75 Å². The summed E-state index contributed by atoms with van der Waals surface area (Å²) >= 11 is 0. The van der Waals surface area contributed by atoms with Crippen LogP contribution in [0.3, 0.4) is 0 Å². The maximum absolute atomic E-state index is 12.7. The van der Waals surface area contributed by atoms with Gasteiger partial charge in [-0.15, -0.1) is 0 Å². The summed E-state index contributed by atoms with van der Waals surface area (Å²) in [4.78, 5) is 29.5. The van der Waals surface area contributed by atoms with E-state index < -0.39 is 0 Å². The van der Waals surface area contributed by atoms with Crippen molar-refractivity contribution in [2.24, 2.45) is 0 Å². The first-order chi connectivity index (χ1) is 11.7. The monoisotopic (exact) mass is 324 g/mol. The molecule has 1 saturated heterocycles. The third-order valence-corrected chi connectivity index (χ3v) is 4.80. The largest absolute Gasteiger partial charge is 0.489 e. The second-order valence-corrected chi connectivity index (χ2v) is 6.46. The van der Waals surface area contributed by atoms with Gasteiger partial charge in [0.15, 0.2) is 0 Å². The molecule has 0 radical (unpaired) electrons. The minimum atomic E-state index is -0.270. The SMILES string of the molecule is O=C(c1cc2c([nH]c1=O)CCC2)N1CC[C@H](Oc2ccccc2)C1. The van der Waals surface area contributed by atoms with E-state index in [0.717, 1.165) is 42.7 Å². The number of rotatable bonds is 3. The highest BCUT2D eigenvalue weighted by atomic mass is 16.5. The van der Waals surface area contributed by atoms with Crippen molar-refractivity contribution in [3.05, 3.63) is 63.6 Å². The molecule has 0 unspecified atom stereocenters. The minimum Gasteiger partial charge on any atom is -0.489 e. The molecule has 1 amide bonds. The zero-order valence-electron chi connectivity index (χ0n) is 13.5. The molecule has 0 spiro atoms. The van der Waals surface area contributed by atoms with Crippen LogP contribution in [0.15, 0.2) is 41.2 Å². The predicted molar refractivity (Wildman–Crippen MR) is 90.5 cm³/mol. The van der Waals surface area contributed by atoms with Gasteiger partial charge in [0.05, 0.1) is 6.54 Å². The van der Waals surface area contributed by atoms with Crippen molar-refractivity contribution in [2.45, 2.75) is 31.8 Å². The quantitative estimate of drug-likeness (QED) is 0.941. The highest BCUT2D eigenvalue weighted by Gasteiger charge is 2.30. The summed E-state index contributed by atoms with van der Waals surface area (Å²) in [5.74, 6) is 0.622. The lowest BCUT2D eigenvalue weighted by Gasteiger charge is -2.17. The van der Waals surface area contributed by atoms with Crippen LogP contribution >= 0.6 is 0 Å². The molecule has 1 atom stereocenters. The van der Waals surface area contributed by atoms with Gasteiger partial charge < -0.3 is 14.6 Å². The highest BCUT2D eigenvalue weighted by molar-refractivity contribution is 5.94. The van der Waals surface area contributed by atoms with E-state index in [2.05, 4.69) is 4.98 Å². The van der Waals surface area contributed by atoms with Gasteiger partial charge in [-0.05, 0) is 43.0 Å². The molecular weight excluding hydrogens is 304 g/mol. The lowest BCUT2D eigenvalue weighted by atomic mass is 10.1. The Morgan fingerprint density at radius 2 is 2.04 bits per heavy atom. The number of nitrogens with one attached hydrogen (secondary N) is 1. The van der Waals surface area contributed by atoms with Crippen LogP contribution in [-0.4, -0.2) is 35.0 Å². The van der Waals surface area contributed by atoms with Gasteiger partial charge >= 0.3 is 0 Å². The van der Waals surface area contributed by atoms with Crippen molar-refractivity contribution in [2.75, 3.05) is 13.1 Å². The van der Waals surface area contributed by atoms with Crippen molar-refractivity contribution < 1.29 is 9.53 Å². The number of ether oxygens (including phenoxy) is 1. The molecule has 1 aromatic carbocycles. The third kappa shape index (κ3) is 2.82. The molecule has 124 valence electrons. The molecule has 4 rings (SSSR count). The van der Waals surface area contributed by atoms with E-state index in [0.29, 0.717) is 13.1 Å². The number of pyridine rings is 1. The van der Waals surface area contributed by atoms with Gasteiger partial charge in [0.2, 0.25) is 0 Å². The topological polar surface area (TPSA) is 62.4 Å². The zero-order chi connectivity index (χ0) is 16.5. The van der Waals surface area contributed by atoms with Crippen molar-refractivity contribution in [1.29, 1.82) is 0 Å². The molecule has 5 heteroatoms. The number of fused-ring (bicyclic) bond motifs is 1. The smallest absolute Gasteiger partial charge is 0.261 e.